The van der Waals surface area contributed by atoms with Gasteiger partial charge in [-0.25, -0.2) is 4.79 Å². The third kappa shape index (κ3) is 4.93. The Labute approximate surface area is 199 Å². The van der Waals surface area contributed by atoms with Gasteiger partial charge in [-0.2, -0.15) is 0 Å². The molecule has 0 radical (unpaired) electrons. The summed E-state index contributed by atoms with van der Waals surface area (Å²) in [6.45, 7) is 6.13. The number of carbonyl (C=O) groups is 3. The molecule has 180 valence electrons. The Morgan fingerprint density at radius 2 is 1.59 bits per heavy atom. The van der Waals surface area contributed by atoms with Crippen molar-refractivity contribution in [2.24, 2.45) is 10.8 Å². The minimum absolute atomic E-state index is 0.0414. The third-order valence-corrected chi connectivity index (χ3v) is 7.00. The molecule has 1 unspecified atom stereocenters. The molecule has 0 aliphatic heterocycles. The van der Waals surface area contributed by atoms with Gasteiger partial charge < -0.3 is 20.5 Å². The zero-order chi connectivity index (χ0) is 24.5. The number of carboxylic acids is 1. The smallest absolute Gasteiger partial charge is 0.407 e. The minimum atomic E-state index is -0.878. The summed E-state index contributed by atoms with van der Waals surface area (Å²) in [5.41, 5.74) is 3.36. The van der Waals surface area contributed by atoms with Crippen LogP contribution in [0.3, 0.4) is 0 Å². The van der Waals surface area contributed by atoms with Crippen molar-refractivity contribution in [1.29, 1.82) is 0 Å². The lowest BCUT2D eigenvalue weighted by Gasteiger charge is -2.31. The lowest BCUT2D eigenvalue weighted by molar-refractivity contribution is -0.143. The van der Waals surface area contributed by atoms with E-state index in [1.807, 2.05) is 45.0 Å². The SMILES string of the molecule is CC(C)(C)C(CC(=O)NCC1(C(=O)O)CC1)NC(=O)OCC1c2ccccc2-c2ccccc21. The molecule has 2 aliphatic rings. The fraction of sp³-hybridized carbons (Fsp3) is 0.444. The highest BCUT2D eigenvalue weighted by Gasteiger charge is 2.50. The van der Waals surface area contributed by atoms with Crippen LogP contribution >= 0.6 is 0 Å². The molecule has 34 heavy (non-hydrogen) atoms. The second-order valence-corrected chi connectivity index (χ2v) is 10.5. The van der Waals surface area contributed by atoms with Gasteiger partial charge in [-0.3, -0.25) is 9.59 Å². The molecule has 0 aromatic heterocycles. The lowest BCUT2D eigenvalue weighted by Crippen LogP contribution is -2.47. The maximum Gasteiger partial charge on any atom is 0.407 e. The lowest BCUT2D eigenvalue weighted by atomic mass is 9.84. The van der Waals surface area contributed by atoms with Crippen LogP contribution < -0.4 is 10.6 Å². The maximum absolute atomic E-state index is 12.7. The summed E-state index contributed by atoms with van der Waals surface area (Å²) >= 11 is 0. The number of aliphatic carboxylic acids is 1. The fourth-order valence-corrected chi connectivity index (χ4v) is 4.50. The quantitative estimate of drug-likeness (QED) is 0.540. The summed E-state index contributed by atoms with van der Waals surface area (Å²) in [4.78, 5) is 36.6. The van der Waals surface area contributed by atoms with Gasteiger partial charge in [-0.05, 0) is 40.5 Å². The number of carbonyl (C=O) groups excluding carboxylic acids is 2. The first-order chi connectivity index (χ1) is 16.1. The first kappa shape index (κ1) is 23.8. The van der Waals surface area contributed by atoms with Crippen molar-refractivity contribution in [3.63, 3.8) is 0 Å². The summed E-state index contributed by atoms with van der Waals surface area (Å²) in [5, 5.41) is 14.9. The van der Waals surface area contributed by atoms with Crippen LogP contribution in [0.2, 0.25) is 0 Å². The van der Waals surface area contributed by atoms with E-state index in [1.165, 1.54) is 0 Å². The highest BCUT2D eigenvalue weighted by atomic mass is 16.5. The number of ether oxygens (including phenoxy) is 1. The van der Waals surface area contributed by atoms with Gasteiger partial charge in [0.25, 0.3) is 0 Å². The molecular weight excluding hydrogens is 432 g/mol. The zero-order valence-electron chi connectivity index (χ0n) is 19.9. The van der Waals surface area contributed by atoms with Gasteiger partial charge in [0.05, 0.1) is 5.41 Å². The highest BCUT2D eigenvalue weighted by Crippen LogP contribution is 2.45. The fourth-order valence-electron chi connectivity index (χ4n) is 4.50. The third-order valence-electron chi connectivity index (χ3n) is 7.00. The number of hydrogen-bond donors (Lipinski definition) is 3. The number of nitrogens with one attached hydrogen (secondary N) is 2. The zero-order valence-corrected chi connectivity index (χ0v) is 19.9. The van der Waals surface area contributed by atoms with Crippen molar-refractivity contribution >= 4 is 18.0 Å². The Hall–Kier alpha value is -3.35. The normalized spacial score (nSPS) is 16.7. The van der Waals surface area contributed by atoms with E-state index in [-0.39, 0.29) is 31.4 Å². The van der Waals surface area contributed by atoms with Crippen LogP contribution in [-0.2, 0) is 14.3 Å². The number of fused-ring (bicyclic) bond motifs is 3. The van der Waals surface area contributed by atoms with Crippen LogP contribution in [0.25, 0.3) is 11.1 Å². The van der Waals surface area contributed by atoms with Crippen molar-refractivity contribution in [2.45, 2.75) is 52.0 Å². The molecule has 2 aromatic carbocycles. The van der Waals surface area contributed by atoms with Crippen molar-refractivity contribution < 1.29 is 24.2 Å². The van der Waals surface area contributed by atoms with E-state index in [0.29, 0.717) is 12.8 Å². The second-order valence-electron chi connectivity index (χ2n) is 10.5. The first-order valence-electron chi connectivity index (χ1n) is 11.7. The Morgan fingerprint density at radius 3 is 2.09 bits per heavy atom. The molecule has 2 aliphatic carbocycles. The average molecular weight is 465 g/mol. The Morgan fingerprint density at radius 1 is 1.03 bits per heavy atom. The predicted molar refractivity (Wildman–Crippen MR) is 128 cm³/mol. The molecule has 0 bridgehead atoms. The van der Waals surface area contributed by atoms with Crippen LogP contribution in [0.5, 0.6) is 0 Å². The van der Waals surface area contributed by atoms with Gasteiger partial charge in [-0.1, -0.05) is 69.3 Å². The topological polar surface area (TPSA) is 105 Å². The van der Waals surface area contributed by atoms with E-state index in [2.05, 4.69) is 34.9 Å². The monoisotopic (exact) mass is 464 g/mol. The molecule has 1 fully saturated rings. The Kier molecular flexibility index (Phi) is 6.39. The van der Waals surface area contributed by atoms with Crippen molar-refractivity contribution in [1.82, 2.24) is 10.6 Å². The van der Waals surface area contributed by atoms with Crippen molar-refractivity contribution in [3.8, 4) is 11.1 Å². The Bertz CT molecular complexity index is 1050. The number of hydrogen-bond acceptors (Lipinski definition) is 4. The van der Waals surface area contributed by atoms with Gasteiger partial charge in [0.2, 0.25) is 5.91 Å². The molecule has 2 amide bonds. The molecule has 7 heteroatoms. The molecule has 7 nitrogen and oxygen atoms in total. The minimum Gasteiger partial charge on any atom is -0.481 e. The van der Waals surface area contributed by atoms with Crippen molar-refractivity contribution in [3.05, 3.63) is 59.7 Å². The van der Waals surface area contributed by atoms with E-state index in [1.54, 1.807) is 0 Å². The first-order valence-corrected chi connectivity index (χ1v) is 11.7. The Balaban J connectivity index is 1.36. The largest absolute Gasteiger partial charge is 0.481 e. The van der Waals surface area contributed by atoms with E-state index in [0.717, 1.165) is 22.3 Å². The van der Waals surface area contributed by atoms with E-state index in [9.17, 15) is 19.5 Å². The van der Waals surface area contributed by atoms with Crippen LogP contribution in [0.1, 0.15) is 57.1 Å². The standard InChI is InChI=1S/C27H32N2O5/c1-26(2,3)22(14-23(30)28-16-27(12-13-27)24(31)32)29-25(33)34-15-21-19-10-6-4-8-17(19)18-9-5-7-11-20(18)21/h4-11,21-22H,12-16H2,1-3H3,(H,28,30)(H,29,33)(H,31,32). The molecule has 2 aromatic rings. The molecule has 0 heterocycles. The van der Waals surface area contributed by atoms with Crippen LogP contribution in [-0.4, -0.2) is 42.3 Å². The number of benzene rings is 2. The summed E-state index contributed by atoms with van der Waals surface area (Å²) < 4.78 is 5.64. The molecule has 0 saturated heterocycles. The van der Waals surface area contributed by atoms with Gasteiger partial charge >= 0.3 is 12.1 Å². The average Bonchev–Trinajstić information content (AvgIpc) is 3.53. The van der Waals surface area contributed by atoms with Crippen LogP contribution in [0.4, 0.5) is 4.79 Å². The van der Waals surface area contributed by atoms with Gasteiger partial charge in [0.1, 0.15) is 6.61 Å². The summed E-state index contributed by atoms with van der Waals surface area (Å²) in [6, 6.07) is 15.8. The molecule has 1 saturated carbocycles. The number of carboxylic acid groups (broad SMARTS) is 1. The number of amides is 2. The number of rotatable bonds is 8. The second kappa shape index (κ2) is 9.12. The van der Waals surface area contributed by atoms with E-state index in [4.69, 9.17) is 4.74 Å². The van der Waals surface area contributed by atoms with Crippen LogP contribution in [0, 0.1) is 10.8 Å². The number of alkyl carbamates (subject to hydrolysis) is 1. The van der Waals surface area contributed by atoms with Crippen LogP contribution in [0.15, 0.2) is 48.5 Å². The highest BCUT2D eigenvalue weighted by molar-refractivity contribution is 5.82. The van der Waals surface area contributed by atoms with E-state index < -0.39 is 28.9 Å². The molecule has 0 spiro atoms. The van der Waals surface area contributed by atoms with Crippen molar-refractivity contribution in [2.75, 3.05) is 13.2 Å². The van der Waals surface area contributed by atoms with Gasteiger partial charge in [-0.15, -0.1) is 0 Å². The molecule has 4 rings (SSSR count). The summed E-state index contributed by atoms with van der Waals surface area (Å²) in [6.07, 6.45) is 0.620. The predicted octanol–water partition coefficient (Wildman–Crippen LogP) is 4.31. The molecular formula is C27H32N2O5. The van der Waals surface area contributed by atoms with Gasteiger partial charge in [0, 0.05) is 24.9 Å². The summed E-state index contributed by atoms with van der Waals surface area (Å²) in [7, 11) is 0. The van der Waals surface area contributed by atoms with Gasteiger partial charge in [0.15, 0.2) is 0 Å². The molecule has 1 atom stereocenters. The molecule has 3 N–H and O–H groups in total. The van der Waals surface area contributed by atoms with E-state index >= 15 is 0 Å². The summed E-state index contributed by atoms with van der Waals surface area (Å²) in [5.74, 6) is -1.20. The maximum atomic E-state index is 12.7.